The number of fused-ring (bicyclic) bond motifs is 1. The van der Waals surface area contributed by atoms with Crippen LogP contribution >= 0.6 is 10.9 Å². The number of hydrogen-bond acceptors (Lipinski definition) is 11. The van der Waals surface area contributed by atoms with E-state index in [-0.39, 0.29) is 22.1 Å². The van der Waals surface area contributed by atoms with Gasteiger partial charge in [0, 0.05) is 11.1 Å². The highest BCUT2D eigenvalue weighted by atomic mass is 32.3. The van der Waals surface area contributed by atoms with Gasteiger partial charge in [-0.05, 0) is 47.9 Å². The number of hydrogen-bond donors (Lipinski definition) is 7. The van der Waals surface area contributed by atoms with Crippen LogP contribution in [0.15, 0.2) is 67.4 Å². The zero-order valence-corrected chi connectivity index (χ0v) is 18.1. The third-order valence-electron chi connectivity index (χ3n) is 4.16. The van der Waals surface area contributed by atoms with Crippen molar-refractivity contribution in [1.82, 2.24) is 0 Å². The van der Waals surface area contributed by atoms with E-state index in [9.17, 15) is 39.6 Å². The van der Waals surface area contributed by atoms with Crippen molar-refractivity contribution in [3.05, 3.63) is 42.5 Å². The van der Waals surface area contributed by atoms with E-state index >= 15 is 0 Å². The fourth-order valence-electron chi connectivity index (χ4n) is 2.75. The van der Waals surface area contributed by atoms with Crippen LogP contribution in [0.4, 0.5) is 22.7 Å². The molecular weight excluding hydrogens is 488 g/mol. The van der Waals surface area contributed by atoms with Crippen LogP contribution in [0.3, 0.4) is 0 Å². The van der Waals surface area contributed by atoms with Crippen molar-refractivity contribution in [3.8, 4) is 0 Å². The molecule has 172 valence electrons. The summed E-state index contributed by atoms with van der Waals surface area (Å²) in [5.74, 6) is 0. The van der Waals surface area contributed by atoms with Gasteiger partial charge in [0.2, 0.25) is 0 Å². The molecule has 0 fully saturated rings. The van der Waals surface area contributed by atoms with Crippen molar-refractivity contribution in [3.63, 3.8) is 0 Å². The summed E-state index contributed by atoms with van der Waals surface area (Å²) in [6.45, 7) is 0. The van der Waals surface area contributed by atoms with Crippen molar-refractivity contribution in [2.45, 2.75) is 14.7 Å². The predicted octanol–water partition coefficient (Wildman–Crippen LogP) is 3.50. The molecule has 13 nitrogen and oxygen atoms in total. The molecule has 0 aromatic heterocycles. The summed E-state index contributed by atoms with van der Waals surface area (Å²) in [6.07, 6.45) is 0. The molecule has 9 N–H and O–H groups in total. The second-order valence-electron chi connectivity index (χ2n) is 6.45. The first kappa shape index (κ1) is 23.8. The topological polar surface area (TPSA) is 246 Å². The smallest absolute Gasteiger partial charge is 0.295 e. The number of nitrogens with zero attached hydrogens (tertiary/aromatic N) is 2. The first-order chi connectivity index (χ1) is 14.6. The Morgan fingerprint density at radius 2 is 1.31 bits per heavy atom. The van der Waals surface area contributed by atoms with Gasteiger partial charge in [0.15, 0.2) is 0 Å². The Balaban J connectivity index is 2.36. The quantitative estimate of drug-likeness (QED) is 0.150. The average molecular weight is 505 g/mol. The molecule has 3 aromatic rings. The maximum absolute atomic E-state index is 11.8. The van der Waals surface area contributed by atoms with Gasteiger partial charge in [0.1, 0.15) is 27.1 Å². The fourth-order valence-corrected chi connectivity index (χ4v) is 4.76. The number of anilines is 2. The largest absolute Gasteiger partial charge is 0.399 e. The van der Waals surface area contributed by atoms with Crippen molar-refractivity contribution in [2.75, 3.05) is 11.5 Å². The van der Waals surface area contributed by atoms with Crippen LogP contribution in [0.2, 0.25) is 0 Å². The van der Waals surface area contributed by atoms with E-state index < -0.39 is 51.5 Å². The second-order valence-corrected chi connectivity index (χ2v) is 10.7. The van der Waals surface area contributed by atoms with Gasteiger partial charge < -0.3 is 25.1 Å². The van der Waals surface area contributed by atoms with Crippen molar-refractivity contribution < 1.29 is 39.6 Å². The van der Waals surface area contributed by atoms with Crippen LogP contribution in [0.25, 0.3) is 10.8 Å². The maximum atomic E-state index is 11.8. The number of nitrogen functional groups attached to an aromatic ring is 2. The van der Waals surface area contributed by atoms with E-state index in [0.717, 1.165) is 18.2 Å². The summed E-state index contributed by atoms with van der Waals surface area (Å²) in [7, 11) is -14.4. The lowest BCUT2D eigenvalue weighted by Crippen LogP contribution is -2.05. The molecule has 0 saturated heterocycles. The van der Waals surface area contributed by atoms with Crippen molar-refractivity contribution in [1.29, 1.82) is 0 Å². The first-order valence-electron chi connectivity index (χ1n) is 8.21. The van der Waals surface area contributed by atoms with Crippen LogP contribution in [0, 0.1) is 0 Å². The van der Waals surface area contributed by atoms with Gasteiger partial charge in [-0.15, -0.1) is 10.2 Å². The van der Waals surface area contributed by atoms with Crippen LogP contribution in [-0.2, 0) is 20.2 Å². The van der Waals surface area contributed by atoms with E-state index in [4.69, 9.17) is 11.5 Å². The summed E-state index contributed by atoms with van der Waals surface area (Å²) in [5.41, 5.74) is 11.5. The van der Waals surface area contributed by atoms with Gasteiger partial charge in [-0.3, -0.25) is 9.11 Å². The third-order valence-corrected chi connectivity index (χ3v) is 6.80. The highest BCUT2D eigenvalue weighted by molar-refractivity contribution is 8.19. The fraction of sp³-hybridized carbons (Fsp3) is 0. The zero-order valence-electron chi connectivity index (χ0n) is 15.7. The van der Waals surface area contributed by atoms with E-state index in [1.165, 1.54) is 18.2 Å². The lowest BCUT2D eigenvalue weighted by atomic mass is 10.1. The summed E-state index contributed by atoms with van der Waals surface area (Å²) < 4.78 is 94.9. The Morgan fingerprint density at radius 1 is 0.688 bits per heavy atom. The summed E-state index contributed by atoms with van der Waals surface area (Å²) in [6, 6.07) is 7.28. The standard InChI is InChI=1S/C16H16N4O9S3/c17-9-1-2-13(12(18)5-9)19-20-14-7-11-8(4-16(14)32(27,28)29)3-10(30(21,22)23)6-15(11)31(24,25)26/h1-7,27-29H,17-18H2,(H,21,22,23)(H,24,25,26). The Morgan fingerprint density at radius 3 is 1.84 bits per heavy atom. The molecule has 3 aromatic carbocycles. The molecule has 0 atom stereocenters. The van der Waals surface area contributed by atoms with Crippen LogP contribution < -0.4 is 11.5 Å². The number of rotatable bonds is 5. The summed E-state index contributed by atoms with van der Waals surface area (Å²) in [5, 5.41) is 7.00. The minimum Gasteiger partial charge on any atom is -0.399 e. The van der Waals surface area contributed by atoms with Gasteiger partial charge in [-0.2, -0.15) is 16.8 Å². The molecule has 0 saturated carbocycles. The predicted molar refractivity (Wildman–Crippen MR) is 117 cm³/mol. The molecule has 0 aliphatic rings. The molecular formula is C16H16N4O9S3. The number of azo groups is 1. The average Bonchev–Trinajstić information content (AvgIpc) is 2.63. The normalized spacial score (nSPS) is 13.7. The number of nitrogens with two attached hydrogens (primary N) is 2. The Bertz CT molecular complexity index is 1480. The summed E-state index contributed by atoms with van der Waals surface area (Å²) in [4.78, 5) is -2.47. The molecule has 32 heavy (non-hydrogen) atoms. The van der Waals surface area contributed by atoms with Crippen LogP contribution in [0.5, 0.6) is 0 Å². The molecule has 0 amide bonds. The van der Waals surface area contributed by atoms with Crippen molar-refractivity contribution >= 4 is 64.6 Å². The monoisotopic (exact) mass is 504 g/mol. The molecule has 0 unspecified atom stereocenters. The molecule has 0 spiro atoms. The summed E-state index contributed by atoms with van der Waals surface area (Å²) >= 11 is 0. The lowest BCUT2D eigenvalue weighted by molar-refractivity contribution is 0.376. The van der Waals surface area contributed by atoms with Crippen LogP contribution in [-0.4, -0.2) is 39.6 Å². The Labute approximate surface area is 183 Å². The van der Waals surface area contributed by atoms with E-state index in [2.05, 4.69) is 10.2 Å². The van der Waals surface area contributed by atoms with Gasteiger partial charge in [-0.1, -0.05) is 0 Å². The highest BCUT2D eigenvalue weighted by Crippen LogP contribution is 2.51. The molecule has 0 aliphatic carbocycles. The van der Waals surface area contributed by atoms with E-state index in [1.807, 2.05) is 0 Å². The molecule has 3 rings (SSSR count). The van der Waals surface area contributed by atoms with Gasteiger partial charge in [0.05, 0.1) is 15.5 Å². The molecule has 16 heteroatoms. The zero-order chi connectivity index (χ0) is 24.1. The van der Waals surface area contributed by atoms with Crippen molar-refractivity contribution in [2.24, 2.45) is 10.2 Å². The highest BCUT2D eigenvalue weighted by Gasteiger charge is 2.26. The minimum absolute atomic E-state index is 0.108. The van der Waals surface area contributed by atoms with Gasteiger partial charge >= 0.3 is 0 Å². The lowest BCUT2D eigenvalue weighted by Gasteiger charge is -2.21. The first-order valence-corrected chi connectivity index (χ1v) is 12.6. The Kier molecular flexibility index (Phi) is 5.91. The van der Waals surface area contributed by atoms with Crippen LogP contribution in [0.1, 0.15) is 0 Å². The van der Waals surface area contributed by atoms with Gasteiger partial charge in [0.25, 0.3) is 20.2 Å². The minimum atomic E-state index is -5.02. The second kappa shape index (κ2) is 7.94. The third kappa shape index (κ3) is 4.97. The van der Waals surface area contributed by atoms with E-state index in [0.29, 0.717) is 11.8 Å². The molecule has 0 radical (unpaired) electrons. The molecule has 0 aliphatic heterocycles. The SMILES string of the molecule is Nc1ccc(N=Nc2cc3c(S(=O)(=O)O)cc(S(=O)(=O)O)cc3cc2S(O)(O)O)c(N)c1. The van der Waals surface area contributed by atoms with E-state index in [1.54, 1.807) is 0 Å². The Hall–Kier alpha value is -2.83. The number of benzene rings is 3. The molecule has 0 heterocycles. The van der Waals surface area contributed by atoms with Gasteiger partial charge in [-0.25, -0.2) is 0 Å². The molecule has 0 bridgehead atoms. The maximum Gasteiger partial charge on any atom is 0.295 e.